The third kappa shape index (κ3) is 1.16. The van der Waals surface area contributed by atoms with E-state index in [9.17, 15) is 0 Å². The van der Waals surface area contributed by atoms with Crippen molar-refractivity contribution in [1.82, 2.24) is 10.2 Å². The third-order valence-corrected chi connectivity index (χ3v) is 2.92. The second-order valence-corrected chi connectivity index (χ2v) is 3.69. The molecule has 1 aliphatic rings. The smallest absolute Gasteiger partial charge is 0.0919 e. The van der Waals surface area contributed by atoms with Crippen molar-refractivity contribution in [3.05, 3.63) is 17.0 Å². The highest BCUT2D eigenvalue weighted by Gasteiger charge is 2.15. The molecule has 2 rings (SSSR count). The minimum absolute atomic E-state index is 0.0619. The normalized spacial score (nSPS) is 16.5. The van der Waals surface area contributed by atoms with Crippen molar-refractivity contribution < 1.29 is 5.11 Å². The molecule has 0 atom stereocenters. The first-order valence-electron chi connectivity index (χ1n) is 3.65. The number of aliphatic hydroxyl groups excluding tert-OH is 1. The molecule has 11 heavy (non-hydrogen) atoms. The Morgan fingerprint density at radius 3 is 3.36 bits per heavy atom. The monoisotopic (exact) mass is 170 g/mol. The van der Waals surface area contributed by atoms with Crippen LogP contribution in [0.25, 0.3) is 0 Å². The molecular formula is C7H10N2OS. The summed E-state index contributed by atoms with van der Waals surface area (Å²) < 4.78 is 0. The first kappa shape index (κ1) is 7.18. The van der Waals surface area contributed by atoms with Gasteiger partial charge in [-0.25, -0.2) is 0 Å². The molecule has 1 aliphatic heterocycles. The van der Waals surface area contributed by atoms with Gasteiger partial charge in [0.1, 0.15) is 0 Å². The van der Waals surface area contributed by atoms with Crippen LogP contribution < -0.4 is 0 Å². The Hall–Kier alpha value is -0.480. The van der Waals surface area contributed by atoms with Crippen LogP contribution in [0, 0.1) is 0 Å². The fourth-order valence-electron chi connectivity index (χ4n) is 1.30. The molecule has 2 heterocycles. The number of aryl methyl sites for hydroxylation is 1. The largest absolute Gasteiger partial charge is 0.390 e. The van der Waals surface area contributed by atoms with Crippen molar-refractivity contribution in [2.24, 2.45) is 0 Å². The van der Waals surface area contributed by atoms with Gasteiger partial charge in [0, 0.05) is 17.0 Å². The van der Waals surface area contributed by atoms with Gasteiger partial charge in [-0.1, -0.05) is 0 Å². The molecule has 1 aromatic heterocycles. The van der Waals surface area contributed by atoms with Crippen LogP contribution in [0.2, 0.25) is 0 Å². The Morgan fingerprint density at radius 1 is 1.64 bits per heavy atom. The summed E-state index contributed by atoms with van der Waals surface area (Å²) in [7, 11) is 0. The highest BCUT2D eigenvalue weighted by atomic mass is 32.2. The van der Waals surface area contributed by atoms with Crippen LogP contribution in [0.4, 0.5) is 0 Å². The molecule has 0 unspecified atom stereocenters. The number of fused-ring (bicyclic) bond motifs is 1. The number of nitrogens with zero attached hydrogens (tertiary/aromatic N) is 1. The summed E-state index contributed by atoms with van der Waals surface area (Å²) in [5.74, 6) is 2.17. The number of aromatic nitrogens is 2. The van der Waals surface area contributed by atoms with Crippen LogP contribution >= 0.6 is 11.8 Å². The molecular weight excluding hydrogens is 160 g/mol. The Labute approximate surface area is 69.2 Å². The van der Waals surface area contributed by atoms with Crippen LogP contribution in [-0.4, -0.2) is 21.1 Å². The number of H-pyrrole nitrogens is 1. The van der Waals surface area contributed by atoms with E-state index in [0.717, 1.165) is 17.9 Å². The average molecular weight is 170 g/mol. The molecule has 1 aromatic rings. The van der Waals surface area contributed by atoms with Gasteiger partial charge in [-0.2, -0.15) is 16.9 Å². The van der Waals surface area contributed by atoms with E-state index < -0.39 is 0 Å². The van der Waals surface area contributed by atoms with Crippen LogP contribution in [-0.2, 0) is 18.8 Å². The zero-order chi connectivity index (χ0) is 7.68. The Kier molecular flexibility index (Phi) is 1.87. The summed E-state index contributed by atoms with van der Waals surface area (Å²) >= 11 is 1.90. The number of hydrogen-bond donors (Lipinski definition) is 2. The van der Waals surface area contributed by atoms with Crippen molar-refractivity contribution in [3.63, 3.8) is 0 Å². The zero-order valence-electron chi connectivity index (χ0n) is 6.13. The van der Waals surface area contributed by atoms with Crippen molar-refractivity contribution in [2.75, 3.05) is 5.75 Å². The molecule has 0 aliphatic carbocycles. The van der Waals surface area contributed by atoms with Gasteiger partial charge in [-0.05, 0) is 12.2 Å². The molecule has 3 nitrogen and oxygen atoms in total. The van der Waals surface area contributed by atoms with E-state index >= 15 is 0 Å². The summed E-state index contributed by atoms with van der Waals surface area (Å²) in [5, 5.41) is 15.9. The quantitative estimate of drug-likeness (QED) is 0.652. The Bertz CT molecular complexity index is 245. The summed E-state index contributed by atoms with van der Waals surface area (Å²) in [5.41, 5.74) is 3.27. The van der Waals surface area contributed by atoms with Gasteiger partial charge in [0.15, 0.2) is 0 Å². The van der Waals surface area contributed by atoms with E-state index in [-0.39, 0.29) is 6.61 Å². The van der Waals surface area contributed by atoms with E-state index in [4.69, 9.17) is 5.11 Å². The number of nitrogens with one attached hydrogen (secondary N) is 1. The molecule has 0 bridgehead atoms. The van der Waals surface area contributed by atoms with Gasteiger partial charge in [0.05, 0.1) is 12.3 Å². The minimum Gasteiger partial charge on any atom is -0.390 e. The lowest BCUT2D eigenvalue weighted by molar-refractivity contribution is 0.276. The minimum atomic E-state index is 0.0619. The predicted molar refractivity (Wildman–Crippen MR) is 44.4 cm³/mol. The molecule has 2 N–H and O–H groups in total. The van der Waals surface area contributed by atoms with Crippen molar-refractivity contribution >= 4 is 11.8 Å². The van der Waals surface area contributed by atoms with Crippen LogP contribution in [0.3, 0.4) is 0 Å². The van der Waals surface area contributed by atoms with Crippen LogP contribution in [0.5, 0.6) is 0 Å². The molecule has 0 spiro atoms. The number of thioether (sulfide) groups is 1. The average Bonchev–Trinajstić information content (AvgIpc) is 2.47. The Morgan fingerprint density at radius 2 is 2.55 bits per heavy atom. The van der Waals surface area contributed by atoms with Crippen molar-refractivity contribution in [3.8, 4) is 0 Å². The number of hydrogen-bond acceptors (Lipinski definition) is 3. The molecule has 0 radical (unpaired) electrons. The lowest BCUT2D eigenvalue weighted by Crippen LogP contribution is -2.01. The summed E-state index contributed by atoms with van der Waals surface area (Å²) in [6, 6.07) is 0. The van der Waals surface area contributed by atoms with E-state index in [1.54, 1.807) is 0 Å². The lowest BCUT2D eigenvalue weighted by atomic mass is 10.2. The molecule has 60 valence electrons. The van der Waals surface area contributed by atoms with E-state index in [2.05, 4.69) is 10.2 Å². The van der Waals surface area contributed by atoms with Gasteiger partial charge in [0.2, 0.25) is 0 Å². The molecule has 0 aromatic carbocycles. The topological polar surface area (TPSA) is 48.9 Å². The van der Waals surface area contributed by atoms with Crippen LogP contribution in [0.15, 0.2) is 0 Å². The highest BCUT2D eigenvalue weighted by Crippen LogP contribution is 2.25. The van der Waals surface area contributed by atoms with E-state index in [1.807, 2.05) is 11.8 Å². The SMILES string of the molecule is OCc1n[nH]c2c1CSCC2. The maximum absolute atomic E-state index is 8.89. The van der Waals surface area contributed by atoms with Gasteiger partial charge in [-0.3, -0.25) is 5.10 Å². The summed E-state index contributed by atoms with van der Waals surface area (Å²) in [6.07, 6.45) is 1.06. The first-order valence-corrected chi connectivity index (χ1v) is 4.81. The molecule has 0 fully saturated rings. The van der Waals surface area contributed by atoms with Crippen LogP contribution in [0.1, 0.15) is 17.0 Å². The molecule has 0 saturated carbocycles. The second kappa shape index (κ2) is 2.87. The fourth-order valence-corrected chi connectivity index (χ4v) is 2.34. The van der Waals surface area contributed by atoms with Crippen molar-refractivity contribution in [2.45, 2.75) is 18.8 Å². The predicted octanol–water partition coefficient (Wildman–Crippen LogP) is 0.691. The standard InChI is InChI=1S/C7H10N2OS/c10-3-7-5-4-11-2-1-6(5)8-9-7/h10H,1-4H2,(H,8,9). The van der Waals surface area contributed by atoms with Crippen molar-refractivity contribution in [1.29, 1.82) is 0 Å². The maximum Gasteiger partial charge on any atom is 0.0919 e. The molecule has 4 heteroatoms. The number of rotatable bonds is 1. The zero-order valence-corrected chi connectivity index (χ0v) is 6.95. The second-order valence-electron chi connectivity index (χ2n) is 2.59. The van der Waals surface area contributed by atoms with Gasteiger partial charge in [-0.15, -0.1) is 0 Å². The van der Waals surface area contributed by atoms with E-state index in [1.165, 1.54) is 17.0 Å². The maximum atomic E-state index is 8.89. The van der Waals surface area contributed by atoms with Gasteiger partial charge >= 0.3 is 0 Å². The van der Waals surface area contributed by atoms with Gasteiger partial charge < -0.3 is 5.11 Å². The number of aromatic amines is 1. The van der Waals surface area contributed by atoms with E-state index in [0.29, 0.717) is 0 Å². The third-order valence-electron chi connectivity index (χ3n) is 1.93. The summed E-state index contributed by atoms with van der Waals surface area (Å²) in [6.45, 7) is 0.0619. The lowest BCUT2D eigenvalue weighted by Gasteiger charge is -2.09. The first-order chi connectivity index (χ1) is 5.42. The Balaban J connectivity index is 2.38. The van der Waals surface area contributed by atoms with Gasteiger partial charge in [0.25, 0.3) is 0 Å². The molecule has 0 amide bonds. The summed E-state index contributed by atoms with van der Waals surface area (Å²) in [4.78, 5) is 0. The highest BCUT2D eigenvalue weighted by molar-refractivity contribution is 7.98. The fraction of sp³-hybridized carbons (Fsp3) is 0.571. The molecule has 0 saturated heterocycles. The number of aliphatic hydroxyl groups is 1.